The largest absolute Gasteiger partial charge is 0.337 e. The second-order valence-electron chi connectivity index (χ2n) is 4.66. The first kappa shape index (κ1) is 14.0. The van der Waals surface area contributed by atoms with Crippen molar-refractivity contribution in [2.45, 2.75) is 6.42 Å². The Bertz CT molecular complexity index is 801. The summed E-state index contributed by atoms with van der Waals surface area (Å²) in [6.45, 7) is 0.371. The molecule has 3 rings (SSSR count). The summed E-state index contributed by atoms with van der Waals surface area (Å²) in [5, 5.41) is 13.2. The number of carbonyl (C=O) groups is 1. The van der Waals surface area contributed by atoms with E-state index < -0.39 is 11.8 Å². The minimum Gasteiger partial charge on any atom is -0.337 e. The van der Waals surface area contributed by atoms with Gasteiger partial charge in [-0.1, -0.05) is 18.2 Å². The molecule has 22 heavy (non-hydrogen) atoms. The first-order chi connectivity index (χ1) is 10.7. The second kappa shape index (κ2) is 6.21. The first-order valence-electron chi connectivity index (χ1n) is 6.82. The van der Waals surface area contributed by atoms with Gasteiger partial charge in [0.05, 0.1) is 5.69 Å². The highest BCUT2D eigenvalue weighted by molar-refractivity contribution is 5.89. The van der Waals surface area contributed by atoms with Crippen LogP contribution in [0.15, 0.2) is 48.7 Å². The second-order valence-corrected chi connectivity index (χ2v) is 4.66. The number of nitrogens with one attached hydrogen (secondary N) is 2. The van der Waals surface area contributed by atoms with E-state index in [0.717, 1.165) is 11.5 Å². The number of anilines is 1. The van der Waals surface area contributed by atoms with Crippen molar-refractivity contribution in [2.75, 3.05) is 11.9 Å². The van der Waals surface area contributed by atoms with Gasteiger partial charge in [-0.15, -0.1) is 10.2 Å². The van der Waals surface area contributed by atoms with E-state index in [9.17, 15) is 9.18 Å². The molecule has 2 heterocycles. The standard InChI is InChI=1S/C15H14FN5O/c16-11-5-1-2-6-12(11)18-15(22)17-9-8-14-20-19-13-7-3-4-10-21(13)14/h1-7,10H,8-9H2,(H2,17,18,22). The molecule has 0 saturated heterocycles. The molecule has 2 N–H and O–H groups in total. The minimum absolute atomic E-state index is 0.146. The van der Waals surface area contributed by atoms with Crippen molar-refractivity contribution < 1.29 is 9.18 Å². The van der Waals surface area contributed by atoms with Crippen LogP contribution in [0.1, 0.15) is 5.82 Å². The SMILES string of the molecule is O=C(NCCc1nnc2ccccn12)Nc1ccccc1F. The predicted octanol–water partition coefficient (Wildman–Crippen LogP) is 2.23. The first-order valence-corrected chi connectivity index (χ1v) is 6.82. The molecule has 2 amide bonds. The fourth-order valence-electron chi connectivity index (χ4n) is 2.08. The maximum absolute atomic E-state index is 13.4. The molecule has 0 radical (unpaired) electrons. The molecule has 3 aromatic rings. The van der Waals surface area contributed by atoms with Gasteiger partial charge < -0.3 is 10.6 Å². The molecule has 2 aromatic heterocycles. The zero-order valence-corrected chi connectivity index (χ0v) is 11.7. The normalized spacial score (nSPS) is 10.6. The monoisotopic (exact) mass is 299 g/mol. The fourth-order valence-corrected chi connectivity index (χ4v) is 2.08. The van der Waals surface area contributed by atoms with Crippen LogP contribution in [0.25, 0.3) is 5.65 Å². The maximum atomic E-state index is 13.4. The van der Waals surface area contributed by atoms with Crippen LogP contribution in [-0.2, 0) is 6.42 Å². The molecular weight excluding hydrogens is 285 g/mol. The number of para-hydroxylation sites is 1. The highest BCUT2D eigenvalue weighted by atomic mass is 19.1. The Balaban J connectivity index is 1.55. The van der Waals surface area contributed by atoms with E-state index in [-0.39, 0.29) is 5.69 Å². The zero-order chi connectivity index (χ0) is 15.4. The minimum atomic E-state index is -0.471. The summed E-state index contributed by atoms with van der Waals surface area (Å²) >= 11 is 0. The third-order valence-corrected chi connectivity index (χ3v) is 3.14. The van der Waals surface area contributed by atoms with E-state index in [2.05, 4.69) is 20.8 Å². The molecule has 112 valence electrons. The Morgan fingerprint density at radius 1 is 1.14 bits per heavy atom. The Kier molecular flexibility index (Phi) is 3.95. The summed E-state index contributed by atoms with van der Waals surface area (Å²) in [6.07, 6.45) is 2.39. The lowest BCUT2D eigenvalue weighted by atomic mass is 10.3. The van der Waals surface area contributed by atoms with Crippen LogP contribution in [0.2, 0.25) is 0 Å². The van der Waals surface area contributed by atoms with Gasteiger partial charge in [-0.05, 0) is 24.3 Å². The van der Waals surface area contributed by atoms with Crippen LogP contribution in [-0.4, -0.2) is 27.2 Å². The van der Waals surface area contributed by atoms with E-state index in [1.54, 1.807) is 12.1 Å². The summed E-state index contributed by atoms with van der Waals surface area (Å²) in [6, 6.07) is 11.2. The van der Waals surface area contributed by atoms with Crippen molar-refractivity contribution in [3.8, 4) is 0 Å². The smallest absolute Gasteiger partial charge is 0.319 e. The maximum Gasteiger partial charge on any atom is 0.319 e. The highest BCUT2D eigenvalue weighted by Crippen LogP contribution is 2.11. The molecule has 0 unspecified atom stereocenters. The van der Waals surface area contributed by atoms with Gasteiger partial charge in [0.25, 0.3) is 0 Å². The quantitative estimate of drug-likeness (QED) is 0.776. The van der Waals surface area contributed by atoms with Crippen LogP contribution in [0.3, 0.4) is 0 Å². The molecule has 6 nitrogen and oxygen atoms in total. The average molecular weight is 299 g/mol. The summed E-state index contributed by atoms with van der Waals surface area (Å²) in [5.74, 6) is 0.280. The zero-order valence-electron chi connectivity index (χ0n) is 11.7. The van der Waals surface area contributed by atoms with Gasteiger partial charge in [-0.2, -0.15) is 0 Å². The van der Waals surface area contributed by atoms with Gasteiger partial charge in [-0.3, -0.25) is 4.40 Å². The molecule has 0 bridgehead atoms. The molecule has 0 aliphatic rings. The number of urea groups is 1. The van der Waals surface area contributed by atoms with Crippen molar-refractivity contribution in [3.05, 3.63) is 60.3 Å². The molecule has 0 fully saturated rings. The molecular formula is C15H14FN5O. The number of nitrogens with zero attached hydrogens (tertiary/aromatic N) is 3. The van der Waals surface area contributed by atoms with Gasteiger partial charge in [-0.25, -0.2) is 9.18 Å². The van der Waals surface area contributed by atoms with E-state index in [1.165, 1.54) is 12.1 Å². The Labute approximate surface area is 126 Å². The van der Waals surface area contributed by atoms with Crippen molar-refractivity contribution >= 4 is 17.4 Å². The molecule has 0 aliphatic heterocycles. The number of hydrogen-bond acceptors (Lipinski definition) is 3. The number of pyridine rings is 1. The van der Waals surface area contributed by atoms with E-state index in [4.69, 9.17) is 0 Å². The molecule has 7 heteroatoms. The van der Waals surface area contributed by atoms with Crippen molar-refractivity contribution in [1.29, 1.82) is 0 Å². The third kappa shape index (κ3) is 3.03. The topological polar surface area (TPSA) is 71.3 Å². The average Bonchev–Trinajstić information content (AvgIpc) is 2.93. The molecule has 1 aromatic carbocycles. The van der Waals surface area contributed by atoms with Gasteiger partial charge in [0, 0.05) is 19.2 Å². The Hall–Kier alpha value is -2.96. The third-order valence-electron chi connectivity index (χ3n) is 3.14. The van der Waals surface area contributed by atoms with Gasteiger partial charge >= 0.3 is 6.03 Å². The molecule has 0 atom stereocenters. The number of halogens is 1. The van der Waals surface area contributed by atoms with Crippen LogP contribution in [0.4, 0.5) is 14.9 Å². The molecule has 0 spiro atoms. The number of benzene rings is 1. The predicted molar refractivity (Wildman–Crippen MR) is 80.1 cm³/mol. The number of carbonyl (C=O) groups excluding carboxylic acids is 1. The number of aromatic nitrogens is 3. The van der Waals surface area contributed by atoms with Crippen molar-refractivity contribution in [3.63, 3.8) is 0 Å². The lowest BCUT2D eigenvalue weighted by Gasteiger charge is -2.07. The number of rotatable bonds is 4. The highest BCUT2D eigenvalue weighted by Gasteiger charge is 2.07. The summed E-state index contributed by atoms with van der Waals surface area (Å²) < 4.78 is 15.3. The Morgan fingerprint density at radius 3 is 2.82 bits per heavy atom. The van der Waals surface area contributed by atoms with Gasteiger partial charge in [0.1, 0.15) is 11.6 Å². The van der Waals surface area contributed by atoms with Crippen molar-refractivity contribution in [1.82, 2.24) is 19.9 Å². The van der Waals surface area contributed by atoms with E-state index >= 15 is 0 Å². The molecule has 0 saturated carbocycles. The van der Waals surface area contributed by atoms with Crippen LogP contribution < -0.4 is 10.6 Å². The van der Waals surface area contributed by atoms with Crippen LogP contribution in [0.5, 0.6) is 0 Å². The number of fused-ring (bicyclic) bond motifs is 1. The van der Waals surface area contributed by atoms with E-state index in [1.807, 2.05) is 28.8 Å². The number of hydrogen-bond donors (Lipinski definition) is 2. The van der Waals surface area contributed by atoms with Crippen LogP contribution in [0, 0.1) is 5.82 Å². The summed E-state index contributed by atoms with van der Waals surface area (Å²) in [4.78, 5) is 11.7. The van der Waals surface area contributed by atoms with E-state index in [0.29, 0.717) is 13.0 Å². The van der Waals surface area contributed by atoms with Gasteiger partial charge in [0.15, 0.2) is 5.65 Å². The number of amides is 2. The van der Waals surface area contributed by atoms with Crippen LogP contribution >= 0.6 is 0 Å². The Morgan fingerprint density at radius 2 is 1.95 bits per heavy atom. The van der Waals surface area contributed by atoms with Gasteiger partial charge in [0.2, 0.25) is 0 Å². The van der Waals surface area contributed by atoms with Crippen molar-refractivity contribution in [2.24, 2.45) is 0 Å². The lowest BCUT2D eigenvalue weighted by Crippen LogP contribution is -2.31. The summed E-state index contributed by atoms with van der Waals surface area (Å²) in [7, 11) is 0. The fraction of sp³-hybridized carbons (Fsp3) is 0.133. The lowest BCUT2D eigenvalue weighted by molar-refractivity contribution is 0.252. The summed E-state index contributed by atoms with van der Waals surface area (Å²) in [5.41, 5.74) is 0.904. The molecule has 0 aliphatic carbocycles.